The first kappa shape index (κ1) is 21.8. The normalized spacial score (nSPS) is 23.9. The topological polar surface area (TPSA) is 108 Å². The maximum absolute atomic E-state index is 13.7. The molecule has 1 aliphatic heterocycles. The number of carbonyl (C=O) groups is 2. The Balaban J connectivity index is 1.43. The van der Waals surface area contributed by atoms with Gasteiger partial charge in [-0.1, -0.05) is 0 Å². The van der Waals surface area contributed by atoms with Gasteiger partial charge >= 0.3 is 12.3 Å². The van der Waals surface area contributed by atoms with E-state index in [0.29, 0.717) is 5.56 Å². The lowest BCUT2D eigenvalue weighted by Gasteiger charge is -2.20. The predicted molar refractivity (Wildman–Crippen MR) is 97.2 cm³/mol. The van der Waals surface area contributed by atoms with Crippen LogP contribution in [0.25, 0.3) is 11.3 Å². The maximum atomic E-state index is 13.7. The highest BCUT2D eigenvalue weighted by Gasteiger charge is 2.75. The SMILES string of the molecule is O=C(NCc1cc(-c2ccc(C(F)(F)F)nc2)ncn1)[C@@H]1CC2(CN1C(=O)O)CC2(F)F. The second-order valence-electron chi connectivity index (χ2n) is 7.83. The molecular formula is C19H16F5N5O3. The Morgan fingerprint density at radius 2 is 1.94 bits per heavy atom. The first-order chi connectivity index (χ1) is 14.9. The standard InChI is InChI=1S/C19H16F5N5O3/c20-18(21)7-17(18)4-13(29(8-17)16(31)32)15(30)26-6-11-3-12(28-9-27-11)10-1-2-14(25-5-10)19(22,23)24/h1-3,5,9,13H,4,6-8H2,(H,26,30)(H,31,32)/t13-,17?/m0/s1. The van der Waals surface area contributed by atoms with Gasteiger partial charge in [-0.15, -0.1) is 0 Å². The fourth-order valence-electron chi connectivity index (χ4n) is 3.85. The van der Waals surface area contributed by atoms with Gasteiger partial charge in [-0.3, -0.25) is 14.7 Å². The highest BCUT2D eigenvalue weighted by molar-refractivity contribution is 5.86. The average Bonchev–Trinajstić information content (AvgIpc) is 3.06. The van der Waals surface area contributed by atoms with Crippen molar-refractivity contribution in [1.29, 1.82) is 0 Å². The van der Waals surface area contributed by atoms with Crippen molar-refractivity contribution >= 4 is 12.0 Å². The molecule has 2 fully saturated rings. The number of pyridine rings is 1. The van der Waals surface area contributed by atoms with E-state index in [-0.39, 0.29) is 24.4 Å². The van der Waals surface area contributed by atoms with Crippen molar-refractivity contribution in [1.82, 2.24) is 25.2 Å². The number of hydrogen-bond acceptors (Lipinski definition) is 5. The summed E-state index contributed by atoms with van der Waals surface area (Å²) in [4.78, 5) is 35.9. The number of nitrogens with zero attached hydrogens (tertiary/aromatic N) is 4. The van der Waals surface area contributed by atoms with Crippen LogP contribution in [0.1, 0.15) is 24.2 Å². The van der Waals surface area contributed by atoms with E-state index in [9.17, 15) is 36.6 Å². The quantitative estimate of drug-likeness (QED) is 0.684. The van der Waals surface area contributed by atoms with Crippen LogP contribution in [0, 0.1) is 5.41 Å². The van der Waals surface area contributed by atoms with Gasteiger partial charge in [0.25, 0.3) is 5.92 Å². The van der Waals surface area contributed by atoms with Gasteiger partial charge in [0.2, 0.25) is 5.91 Å². The van der Waals surface area contributed by atoms with E-state index in [1.165, 1.54) is 12.1 Å². The Labute approximate surface area is 177 Å². The number of alkyl halides is 5. The van der Waals surface area contributed by atoms with Crippen LogP contribution in [0.4, 0.5) is 26.7 Å². The number of rotatable bonds is 4. The Hall–Kier alpha value is -3.38. The predicted octanol–water partition coefficient (Wildman–Crippen LogP) is 2.95. The van der Waals surface area contributed by atoms with Crippen molar-refractivity contribution in [3.63, 3.8) is 0 Å². The van der Waals surface area contributed by atoms with Gasteiger partial charge in [-0.25, -0.2) is 23.5 Å². The van der Waals surface area contributed by atoms with Crippen LogP contribution in [-0.4, -0.2) is 55.5 Å². The van der Waals surface area contributed by atoms with E-state index < -0.39 is 54.2 Å². The lowest BCUT2D eigenvalue weighted by molar-refractivity contribution is -0.141. The molecule has 1 saturated heterocycles. The van der Waals surface area contributed by atoms with Crippen molar-refractivity contribution in [3.05, 3.63) is 42.1 Å². The molecule has 2 atom stereocenters. The van der Waals surface area contributed by atoms with Crippen molar-refractivity contribution in [3.8, 4) is 11.3 Å². The third-order valence-electron chi connectivity index (χ3n) is 5.71. The van der Waals surface area contributed by atoms with Gasteiger partial charge in [-0.2, -0.15) is 13.2 Å². The minimum absolute atomic E-state index is 0.157. The third kappa shape index (κ3) is 3.94. The lowest BCUT2D eigenvalue weighted by atomic mass is 10.0. The summed E-state index contributed by atoms with van der Waals surface area (Å²) in [6, 6.07) is 2.17. The fourth-order valence-corrected chi connectivity index (χ4v) is 3.85. The average molecular weight is 457 g/mol. The Kier molecular flexibility index (Phi) is 5.01. The molecule has 2 N–H and O–H groups in total. The number of amides is 2. The molecule has 0 aromatic carbocycles. The number of hydrogen-bond donors (Lipinski definition) is 2. The maximum Gasteiger partial charge on any atom is 0.433 e. The lowest BCUT2D eigenvalue weighted by Crippen LogP contribution is -2.45. The number of nitrogens with one attached hydrogen (secondary N) is 1. The number of halogens is 5. The van der Waals surface area contributed by atoms with E-state index in [0.717, 1.165) is 23.5 Å². The van der Waals surface area contributed by atoms with E-state index in [4.69, 9.17) is 0 Å². The summed E-state index contributed by atoms with van der Waals surface area (Å²) in [7, 11) is 0. The Bertz CT molecular complexity index is 1060. The Morgan fingerprint density at radius 1 is 1.22 bits per heavy atom. The van der Waals surface area contributed by atoms with E-state index >= 15 is 0 Å². The second-order valence-corrected chi connectivity index (χ2v) is 7.83. The van der Waals surface area contributed by atoms with Crippen molar-refractivity contribution in [2.24, 2.45) is 5.41 Å². The first-order valence-corrected chi connectivity index (χ1v) is 9.42. The minimum atomic E-state index is -4.58. The zero-order chi connectivity index (χ0) is 23.3. The van der Waals surface area contributed by atoms with Crippen LogP contribution < -0.4 is 5.32 Å². The van der Waals surface area contributed by atoms with Gasteiger partial charge < -0.3 is 10.4 Å². The molecule has 170 valence electrons. The van der Waals surface area contributed by atoms with Gasteiger partial charge in [0.15, 0.2) is 0 Å². The molecule has 1 spiro atoms. The van der Waals surface area contributed by atoms with Crippen LogP contribution in [0.15, 0.2) is 30.7 Å². The molecule has 1 unspecified atom stereocenters. The largest absolute Gasteiger partial charge is 0.465 e. The summed E-state index contributed by atoms with van der Waals surface area (Å²) in [6.45, 7) is -0.568. The van der Waals surface area contributed by atoms with Gasteiger partial charge in [0.05, 0.1) is 23.3 Å². The first-order valence-electron chi connectivity index (χ1n) is 9.42. The fraction of sp³-hybridized carbons (Fsp3) is 0.421. The van der Waals surface area contributed by atoms with Crippen LogP contribution in [0.5, 0.6) is 0 Å². The summed E-state index contributed by atoms with van der Waals surface area (Å²) in [5.41, 5.74) is -1.71. The molecule has 13 heteroatoms. The molecule has 2 aromatic heterocycles. The molecule has 1 aliphatic carbocycles. The minimum Gasteiger partial charge on any atom is -0.465 e. The number of likely N-dealkylation sites (tertiary alicyclic amines) is 1. The summed E-state index contributed by atoms with van der Waals surface area (Å²) >= 11 is 0. The van der Waals surface area contributed by atoms with Crippen molar-refractivity contribution in [2.75, 3.05) is 6.54 Å². The van der Waals surface area contributed by atoms with Gasteiger partial charge in [-0.05, 0) is 24.6 Å². The summed E-state index contributed by atoms with van der Waals surface area (Å²) in [5, 5.41) is 11.8. The molecule has 0 bridgehead atoms. The molecule has 0 radical (unpaired) electrons. The molecule has 2 amide bonds. The molecule has 1 saturated carbocycles. The second kappa shape index (κ2) is 7.35. The number of carboxylic acid groups (broad SMARTS) is 1. The van der Waals surface area contributed by atoms with Crippen molar-refractivity contribution < 1.29 is 36.6 Å². The van der Waals surface area contributed by atoms with E-state index in [2.05, 4.69) is 20.3 Å². The molecule has 2 aliphatic rings. The highest BCUT2D eigenvalue weighted by Crippen LogP contribution is 2.66. The highest BCUT2D eigenvalue weighted by atomic mass is 19.4. The zero-order valence-corrected chi connectivity index (χ0v) is 16.2. The van der Waals surface area contributed by atoms with Crippen LogP contribution in [0.3, 0.4) is 0 Å². The zero-order valence-electron chi connectivity index (χ0n) is 16.2. The molecule has 32 heavy (non-hydrogen) atoms. The molecule has 8 nitrogen and oxygen atoms in total. The Morgan fingerprint density at radius 3 is 2.50 bits per heavy atom. The molecular weight excluding hydrogens is 441 g/mol. The smallest absolute Gasteiger partial charge is 0.433 e. The number of aromatic nitrogens is 3. The van der Waals surface area contributed by atoms with E-state index in [1.807, 2.05) is 0 Å². The summed E-state index contributed by atoms with van der Waals surface area (Å²) in [5.74, 6) is -3.73. The molecule has 2 aromatic rings. The van der Waals surface area contributed by atoms with E-state index in [1.54, 1.807) is 0 Å². The van der Waals surface area contributed by atoms with Crippen LogP contribution >= 0.6 is 0 Å². The molecule has 3 heterocycles. The van der Waals surface area contributed by atoms with Gasteiger partial charge in [0.1, 0.15) is 18.1 Å². The molecule has 4 rings (SSSR count). The number of carbonyl (C=O) groups excluding carboxylic acids is 1. The summed E-state index contributed by atoms with van der Waals surface area (Å²) < 4.78 is 65.3. The third-order valence-corrected chi connectivity index (χ3v) is 5.71. The van der Waals surface area contributed by atoms with Crippen LogP contribution in [0.2, 0.25) is 0 Å². The van der Waals surface area contributed by atoms with Gasteiger partial charge in [0, 0.05) is 24.7 Å². The summed E-state index contributed by atoms with van der Waals surface area (Å²) in [6.07, 6.45) is -4.61. The van der Waals surface area contributed by atoms with Crippen molar-refractivity contribution in [2.45, 2.75) is 37.5 Å². The van der Waals surface area contributed by atoms with Crippen LogP contribution in [-0.2, 0) is 17.5 Å². The monoisotopic (exact) mass is 457 g/mol.